The molecule has 0 amide bonds. The predicted octanol–water partition coefficient (Wildman–Crippen LogP) is 2.28. The smallest absolute Gasteiger partial charge is 0.0511 e. The summed E-state index contributed by atoms with van der Waals surface area (Å²) in [7, 11) is 0. The van der Waals surface area contributed by atoms with Gasteiger partial charge in [-0.25, -0.2) is 0 Å². The van der Waals surface area contributed by atoms with Crippen molar-refractivity contribution in [1.29, 1.82) is 0 Å². The van der Waals surface area contributed by atoms with Crippen LogP contribution in [0.4, 0.5) is 0 Å². The lowest BCUT2D eigenvalue weighted by atomic mass is 9.97. The topological polar surface area (TPSA) is 17.0 Å². The summed E-state index contributed by atoms with van der Waals surface area (Å²) in [5.74, 6) is 0.903. The van der Waals surface area contributed by atoms with Crippen LogP contribution in [-0.2, 0) is 5.54 Å². The molecule has 0 spiro atoms. The standard InChI is InChI=1S/C12H18N2/c1-12(2)8-13-11(9-5-6-9)10-4-3-7-14(10)12/h3-4,7,9,11,13H,5-6,8H2,1-2H3. The zero-order valence-electron chi connectivity index (χ0n) is 8.96. The van der Waals surface area contributed by atoms with Crippen LogP contribution >= 0.6 is 0 Å². The summed E-state index contributed by atoms with van der Waals surface area (Å²) in [6, 6.07) is 5.08. The van der Waals surface area contributed by atoms with Crippen LogP contribution in [0, 0.1) is 5.92 Å². The summed E-state index contributed by atoms with van der Waals surface area (Å²) < 4.78 is 2.45. The van der Waals surface area contributed by atoms with E-state index in [-0.39, 0.29) is 5.54 Å². The van der Waals surface area contributed by atoms with Crippen molar-refractivity contribution in [1.82, 2.24) is 9.88 Å². The minimum absolute atomic E-state index is 0.240. The third kappa shape index (κ3) is 1.13. The number of aromatic nitrogens is 1. The Bertz CT molecular complexity index is 347. The van der Waals surface area contributed by atoms with E-state index in [2.05, 4.69) is 42.1 Å². The fraction of sp³-hybridized carbons (Fsp3) is 0.667. The van der Waals surface area contributed by atoms with Crippen LogP contribution in [0.3, 0.4) is 0 Å². The number of hydrogen-bond donors (Lipinski definition) is 1. The van der Waals surface area contributed by atoms with Gasteiger partial charge in [-0.1, -0.05) is 0 Å². The van der Waals surface area contributed by atoms with Crippen LogP contribution in [0.1, 0.15) is 38.4 Å². The quantitative estimate of drug-likeness (QED) is 0.719. The van der Waals surface area contributed by atoms with Gasteiger partial charge in [-0.2, -0.15) is 0 Å². The van der Waals surface area contributed by atoms with Gasteiger partial charge in [0.15, 0.2) is 0 Å². The summed E-state index contributed by atoms with van der Waals surface area (Å²) in [4.78, 5) is 0. The second-order valence-corrected chi connectivity index (χ2v) is 5.31. The van der Waals surface area contributed by atoms with Gasteiger partial charge in [0.1, 0.15) is 0 Å². The zero-order valence-corrected chi connectivity index (χ0v) is 8.96. The first kappa shape index (κ1) is 8.54. The molecule has 1 unspecified atom stereocenters. The molecule has 1 saturated carbocycles. The summed E-state index contributed by atoms with van der Waals surface area (Å²) in [6.07, 6.45) is 5.04. The Morgan fingerprint density at radius 2 is 2.21 bits per heavy atom. The molecule has 1 aromatic heterocycles. The van der Waals surface area contributed by atoms with Crippen molar-refractivity contribution < 1.29 is 0 Å². The molecular weight excluding hydrogens is 172 g/mol. The van der Waals surface area contributed by atoms with Gasteiger partial charge >= 0.3 is 0 Å². The predicted molar refractivity (Wildman–Crippen MR) is 57.2 cm³/mol. The minimum Gasteiger partial charge on any atom is -0.343 e. The van der Waals surface area contributed by atoms with E-state index in [1.807, 2.05) is 0 Å². The molecular formula is C12H18N2. The van der Waals surface area contributed by atoms with Gasteiger partial charge in [-0.05, 0) is 44.7 Å². The van der Waals surface area contributed by atoms with E-state index in [4.69, 9.17) is 0 Å². The van der Waals surface area contributed by atoms with Crippen LogP contribution in [0.15, 0.2) is 18.3 Å². The maximum atomic E-state index is 3.69. The van der Waals surface area contributed by atoms with Gasteiger partial charge in [-0.3, -0.25) is 0 Å². The molecule has 2 heterocycles. The Hall–Kier alpha value is -0.760. The van der Waals surface area contributed by atoms with Crippen molar-refractivity contribution in [3.8, 4) is 0 Å². The Labute approximate surface area is 85.3 Å². The fourth-order valence-corrected chi connectivity index (χ4v) is 2.59. The van der Waals surface area contributed by atoms with Gasteiger partial charge < -0.3 is 9.88 Å². The summed E-state index contributed by atoms with van der Waals surface area (Å²) in [6.45, 7) is 5.69. The number of hydrogen-bond acceptors (Lipinski definition) is 1. The van der Waals surface area contributed by atoms with Gasteiger partial charge in [0.05, 0.1) is 11.6 Å². The van der Waals surface area contributed by atoms with Crippen molar-refractivity contribution >= 4 is 0 Å². The first-order valence-corrected chi connectivity index (χ1v) is 5.60. The third-order valence-corrected chi connectivity index (χ3v) is 3.60. The highest BCUT2D eigenvalue weighted by molar-refractivity contribution is 5.20. The largest absolute Gasteiger partial charge is 0.343 e. The molecule has 0 bridgehead atoms. The molecule has 14 heavy (non-hydrogen) atoms. The van der Waals surface area contributed by atoms with Crippen LogP contribution in [0.25, 0.3) is 0 Å². The lowest BCUT2D eigenvalue weighted by molar-refractivity contribution is 0.247. The molecule has 0 saturated heterocycles. The normalized spacial score (nSPS) is 30.0. The average molecular weight is 190 g/mol. The summed E-state index contributed by atoms with van der Waals surface area (Å²) >= 11 is 0. The van der Waals surface area contributed by atoms with Crippen LogP contribution < -0.4 is 5.32 Å². The summed E-state index contributed by atoms with van der Waals surface area (Å²) in [5.41, 5.74) is 1.73. The molecule has 2 aliphatic rings. The Morgan fingerprint density at radius 1 is 1.43 bits per heavy atom. The van der Waals surface area contributed by atoms with Crippen LogP contribution in [-0.4, -0.2) is 11.1 Å². The van der Waals surface area contributed by atoms with E-state index < -0.39 is 0 Å². The van der Waals surface area contributed by atoms with Crippen molar-refractivity contribution in [3.05, 3.63) is 24.0 Å². The number of nitrogens with zero attached hydrogens (tertiary/aromatic N) is 1. The van der Waals surface area contributed by atoms with E-state index in [1.165, 1.54) is 18.5 Å². The monoisotopic (exact) mass is 190 g/mol. The molecule has 2 heteroatoms. The SMILES string of the molecule is CC1(C)CNC(C2CC2)c2cccn21. The lowest BCUT2D eigenvalue weighted by Gasteiger charge is -2.38. The Kier molecular flexibility index (Phi) is 1.61. The van der Waals surface area contributed by atoms with Gasteiger partial charge in [-0.15, -0.1) is 0 Å². The van der Waals surface area contributed by atoms with Gasteiger partial charge in [0, 0.05) is 18.4 Å². The molecule has 1 aromatic rings. The maximum Gasteiger partial charge on any atom is 0.0511 e. The molecule has 1 atom stereocenters. The number of fused-ring (bicyclic) bond motifs is 1. The van der Waals surface area contributed by atoms with E-state index in [0.29, 0.717) is 6.04 Å². The molecule has 2 nitrogen and oxygen atoms in total. The molecule has 76 valence electrons. The third-order valence-electron chi connectivity index (χ3n) is 3.60. The van der Waals surface area contributed by atoms with Crippen molar-refractivity contribution in [2.45, 2.75) is 38.3 Å². The minimum atomic E-state index is 0.240. The average Bonchev–Trinajstić information content (AvgIpc) is 2.81. The molecule has 3 rings (SSSR count). The fourth-order valence-electron chi connectivity index (χ4n) is 2.59. The Balaban J connectivity index is 2.03. The van der Waals surface area contributed by atoms with Crippen molar-refractivity contribution in [3.63, 3.8) is 0 Å². The molecule has 1 aliphatic heterocycles. The van der Waals surface area contributed by atoms with E-state index in [0.717, 1.165) is 12.5 Å². The van der Waals surface area contributed by atoms with Crippen LogP contribution in [0.5, 0.6) is 0 Å². The molecule has 0 aromatic carbocycles. The van der Waals surface area contributed by atoms with Crippen molar-refractivity contribution in [2.75, 3.05) is 6.54 Å². The van der Waals surface area contributed by atoms with E-state index in [9.17, 15) is 0 Å². The maximum absolute atomic E-state index is 3.69. The number of nitrogens with one attached hydrogen (secondary N) is 1. The van der Waals surface area contributed by atoms with Crippen molar-refractivity contribution in [2.24, 2.45) is 5.92 Å². The van der Waals surface area contributed by atoms with E-state index in [1.54, 1.807) is 0 Å². The molecule has 1 fully saturated rings. The highest BCUT2D eigenvalue weighted by atomic mass is 15.2. The molecule has 0 radical (unpaired) electrons. The lowest BCUT2D eigenvalue weighted by Crippen LogP contribution is -2.46. The first-order chi connectivity index (χ1) is 6.68. The number of rotatable bonds is 1. The first-order valence-electron chi connectivity index (χ1n) is 5.60. The zero-order chi connectivity index (χ0) is 9.76. The van der Waals surface area contributed by atoms with Gasteiger partial charge in [0.2, 0.25) is 0 Å². The van der Waals surface area contributed by atoms with Gasteiger partial charge in [0.25, 0.3) is 0 Å². The molecule has 1 aliphatic carbocycles. The Morgan fingerprint density at radius 3 is 2.93 bits per heavy atom. The highest BCUT2D eigenvalue weighted by Crippen LogP contribution is 2.43. The molecule has 1 N–H and O–H groups in total. The summed E-state index contributed by atoms with van der Waals surface area (Å²) in [5, 5.41) is 3.69. The second-order valence-electron chi connectivity index (χ2n) is 5.31. The van der Waals surface area contributed by atoms with Crippen LogP contribution in [0.2, 0.25) is 0 Å². The second kappa shape index (κ2) is 2.63. The van der Waals surface area contributed by atoms with E-state index >= 15 is 0 Å². The highest BCUT2D eigenvalue weighted by Gasteiger charge is 2.39.